The second kappa shape index (κ2) is 7.52. The Bertz CT molecular complexity index is 571. The highest BCUT2D eigenvalue weighted by molar-refractivity contribution is 6.04. The molecule has 1 atom stereocenters. The summed E-state index contributed by atoms with van der Waals surface area (Å²) in [4.78, 5) is 33.7. The fraction of sp³-hybridized carbons (Fsp3) is 0.429. The Kier molecular flexibility index (Phi) is 6.00. The second-order valence-corrected chi connectivity index (χ2v) is 4.54. The molecule has 0 heterocycles. The molecule has 0 aromatic heterocycles. The number of carbonyl (C=O) groups is 2. The van der Waals surface area contributed by atoms with Gasteiger partial charge >= 0.3 is 17.6 Å². The number of nitrogens with zero attached hydrogens (tertiary/aromatic N) is 1. The van der Waals surface area contributed by atoms with E-state index in [1.54, 1.807) is 0 Å². The van der Waals surface area contributed by atoms with Gasteiger partial charge in [-0.05, 0) is 17.7 Å². The number of hydrogen-bond donors (Lipinski definition) is 0. The van der Waals surface area contributed by atoms with Crippen molar-refractivity contribution in [2.45, 2.75) is 11.6 Å². The van der Waals surface area contributed by atoms with E-state index in [-0.39, 0.29) is 5.56 Å². The molecule has 0 aliphatic rings. The Morgan fingerprint density at radius 1 is 1.17 bits per heavy atom. The molecule has 0 spiro atoms. The summed E-state index contributed by atoms with van der Waals surface area (Å²) in [6, 6.07) is 5.51. The van der Waals surface area contributed by atoms with E-state index in [1.165, 1.54) is 31.4 Å². The van der Waals surface area contributed by atoms with E-state index >= 15 is 4.39 Å². The maximum atomic E-state index is 15.2. The molecule has 0 N–H and O–H groups in total. The van der Waals surface area contributed by atoms with Gasteiger partial charge < -0.3 is 14.2 Å². The molecule has 1 aromatic rings. The summed E-state index contributed by atoms with van der Waals surface area (Å²) in [6.07, 6.45) is 0. The molecule has 0 aliphatic carbocycles. The number of hydrogen-bond acceptors (Lipinski definition) is 7. The molecule has 0 unspecified atom stereocenters. The van der Waals surface area contributed by atoms with Gasteiger partial charge in [0.05, 0.1) is 21.3 Å². The van der Waals surface area contributed by atoms with Gasteiger partial charge in [0.15, 0.2) is 0 Å². The van der Waals surface area contributed by atoms with Crippen LogP contribution in [0.15, 0.2) is 24.3 Å². The van der Waals surface area contributed by atoms with Crippen LogP contribution in [-0.2, 0) is 19.1 Å². The predicted octanol–water partition coefficient (Wildman–Crippen LogP) is 1.11. The summed E-state index contributed by atoms with van der Waals surface area (Å²) in [5.74, 6) is -4.42. The van der Waals surface area contributed by atoms with Gasteiger partial charge in [-0.25, -0.2) is 14.0 Å². The van der Waals surface area contributed by atoms with Crippen LogP contribution in [0, 0.1) is 10.1 Å². The van der Waals surface area contributed by atoms with Crippen molar-refractivity contribution in [1.29, 1.82) is 0 Å². The molecule has 0 bridgehead atoms. The highest BCUT2D eigenvalue weighted by atomic mass is 19.1. The van der Waals surface area contributed by atoms with E-state index in [1.807, 2.05) is 0 Å². The minimum Gasteiger partial charge on any atom is -0.497 e. The molecule has 1 rings (SSSR count). The summed E-state index contributed by atoms with van der Waals surface area (Å²) in [5.41, 5.74) is -3.29. The van der Waals surface area contributed by atoms with E-state index in [0.717, 1.165) is 14.2 Å². The number of benzene rings is 1. The summed E-state index contributed by atoms with van der Waals surface area (Å²) >= 11 is 0. The summed E-state index contributed by atoms with van der Waals surface area (Å²) in [7, 11) is 3.15. The molecule has 1 aromatic carbocycles. The standard InChI is InChI=1S/C14H16FNO7/c1-21-10-6-4-9(5-7-10)11(8-16(19)20)14(15,12(17)22-2)13(18)23-3/h4-7,11H,8H2,1-3H3/t11-/m0/s1. The Morgan fingerprint density at radius 2 is 1.65 bits per heavy atom. The van der Waals surface area contributed by atoms with E-state index in [4.69, 9.17) is 4.74 Å². The average molecular weight is 329 g/mol. The van der Waals surface area contributed by atoms with Crippen LogP contribution in [0.25, 0.3) is 0 Å². The second-order valence-electron chi connectivity index (χ2n) is 4.54. The molecule has 8 nitrogen and oxygen atoms in total. The predicted molar refractivity (Wildman–Crippen MR) is 75.5 cm³/mol. The monoisotopic (exact) mass is 329 g/mol. The van der Waals surface area contributed by atoms with Gasteiger partial charge in [-0.15, -0.1) is 0 Å². The minimum atomic E-state index is -3.34. The fourth-order valence-corrected chi connectivity index (χ4v) is 2.11. The number of halogens is 1. The average Bonchev–Trinajstić information content (AvgIpc) is 2.57. The van der Waals surface area contributed by atoms with Crippen LogP contribution in [0.3, 0.4) is 0 Å². The first kappa shape index (κ1) is 18.3. The van der Waals surface area contributed by atoms with Crippen LogP contribution in [-0.4, -0.2) is 50.4 Å². The summed E-state index contributed by atoms with van der Waals surface area (Å²) < 4.78 is 28.7. The van der Waals surface area contributed by atoms with E-state index < -0.39 is 35.0 Å². The van der Waals surface area contributed by atoms with Crippen molar-refractivity contribution in [3.63, 3.8) is 0 Å². The third-order valence-corrected chi connectivity index (χ3v) is 3.29. The SMILES string of the molecule is COC(=O)C(F)(C(=O)OC)[C@@H](C[N+](=O)[O-])c1ccc(OC)cc1. The first-order valence-corrected chi connectivity index (χ1v) is 6.42. The smallest absolute Gasteiger partial charge is 0.356 e. The van der Waals surface area contributed by atoms with Gasteiger partial charge in [0.1, 0.15) is 11.7 Å². The highest BCUT2D eigenvalue weighted by Crippen LogP contribution is 2.35. The number of nitro groups is 1. The number of ether oxygens (including phenoxy) is 3. The number of carbonyl (C=O) groups excluding carboxylic acids is 2. The quantitative estimate of drug-likeness (QED) is 0.319. The molecular formula is C14H16FNO7. The molecule has 0 saturated heterocycles. The van der Waals surface area contributed by atoms with Crippen molar-refractivity contribution in [2.75, 3.05) is 27.9 Å². The van der Waals surface area contributed by atoms with Crippen LogP contribution >= 0.6 is 0 Å². The van der Waals surface area contributed by atoms with E-state index in [2.05, 4.69) is 9.47 Å². The van der Waals surface area contributed by atoms with Crippen molar-refractivity contribution in [1.82, 2.24) is 0 Å². The fourth-order valence-electron chi connectivity index (χ4n) is 2.11. The lowest BCUT2D eigenvalue weighted by Crippen LogP contribution is -2.51. The highest BCUT2D eigenvalue weighted by Gasteiger charge is 2.58. The largest absolute Gasteiger partial charge is 0.497 e. The number of rotatable bonds is 7. The van der Waals surface area contributed by atoms with Gasteiger partial charge in [0.2, 0.25) is 6.54 Å². The van der Waals surface area contributed by atoms with E-state index in [0.29, 0.717) is 5.75 Å². The Labute approximate surface area is 131 Å². The Hall–Kier alpha value is -2.71. The van der Waals surface area contributed by atoms with Gasteiger partial charge in [-0.2, -0.15) is 0 Å². The molecule has 126 valence electrons. The molecule has 0 fully saturated rings. The van der Waals surface area contributed by atoms with Crippen molar-refractivity contribution in [3.05, 3.63) is 39.9 Å². The number of esters is 2. The third-order valence-electron chi connectivity index (χ3n) is 3.29. The van der Waals surface area contributed by atoms with Gasteiger partial charge in [0, 0.05) is 4.92 Å². The maximum absolute atomic E-state index is 15.2. The van der Waals surface area contributed by atoms with Crippen molar-refractivity contribution < 1.29 is 33.1 Å². The van der Waals surface area contributed by atoms with Crippen molar-refractivity contribution in [3.8, 4) is 5.75 Å². The zero-order chi connectivity index (χ0) is 17.6. The molecule has 0 saturated carbocycles. The lowest BCUT2D eigenvalue weighted by atomic mass is 9.83. The first-order chi connectivity index (χ1) is 10.8. The first-order valence-electron chi connectivity index (χ1n) is 6.42. The number of methoxy groups -OCH3 is 3. The number of alkyl halides is 1. The van der Waals surface area contributed by atoms with Crippen LogP contribution in [0.2, 0.25) is 0 Å². The normalized spacial score (nSPS) is 12.2. The zero-order valence-corrected chi connectivity index (χ0v) is 12.8. The lowest BCUT2D eigenvalue weighted by Gasteiger charge is -2.26. The van der Waals surface area contributed by atoms with Crippen LogP contribution in [0.5, 0.6) is 5.75 Å². The van der Waals surface area contributed by atoms with Crippen LogP contribution in [0.1, 0.15) is 11.5 Å². The van der Waals surface area contributed by atoms with Gasteiger partial charge in [0.25, 0.3) is 0 Å². The van der Waals surface area contributed by atoms with Crippen molar-refractivity contribution >= 4 is 11.9 Å². The summed E-state index contributed by atoms with van der Waals surface area (Å²) in [5, 5.41) is 10.9. The maximum Gasteiger partial charge on any atom is 0.356 e. The molecule has 9 heteroatoms. The van der Waals surface area contributed by atoms with Crippen LogP contribution < -0.4 is 4.74 Å². The van der Waals surface area contributed by atoms with E-state index in [9.17, 15) is 19.7 Å². The third kappa shape index (κ3) is 3.74. The molecule has 0 aliphatic heterocycles. The van der Waals surface area contributed by atoms with Gasteiger partial charge in [-0.3, -0.25) is 10.1 Å². The van der Waals surface area contributed by atoms with Crippen LogP contribution in [0.4, 0.5) is 4.39 Å². The molecule has 0 amide bonds. The Balaban J connectivity index is 3.42. The molecule has 0 radical (unpaired) electrons. The zero-order valence-electron chi connectivity index (χ0n) is 12.8. The van der Waals surface area contributed by atoms with Crippen molar-refractivity contribution in [2.24, 2.45) is 0 Å². The Morgan fingerprint density at radius 3 is 2.00 bits per heavy atom. The minimum absolute atomic E-state index is 0.0563. The summed E-state index contributed by atoms with van der Waals surface area (Å²) in [6.45, 7) is -1.01. The lowest BCUT2D eigenvalue weighted by molar-refractivity contribution is -0.485. The topological polar surface area (TPSA) is 105 Å². The molecule has 23 heavy (non-hydrogen) atoms. The molecular weight excluding hydrogens is 313 g/mol. The van der Waals surface area contributed by atoms with Gasteiger partial charge in [-0.1, -0.05) is 12.1 Å².